The van der Waals surface area contributed by atoms with Crippen molar-refractivity contribution >= 4 is 33.3 Å². The molecule has 1 N–H and O–H groups in total. The van der Waals surface area contributed by atoms with Crippen molar-refractivity contribution in [1.82, 2.24) is 10.3 Å². The molecule has 9 nitrogen and oxygen atoms in total. The van der Waals surface area contributed by atoms with Gasteiger partial charge >= 0.3 is 5.97 Å². The number of hydrogen-bond donors (Lipinski definition) is 1. The third-order valence-corrected chi connectivity index (χ3v) is 5.21. The maximum atomic E-state index is 11.9. The number of ether oxygens (including phenoxy) is 1. The van der Waals surface area contributed by atoms with Crippen molar-refractivity contribution in [3.8, 4) is 0 Å². The quantitative estimate of drug-likeness (QED) is 0.622. The molecule has 2 rings (SSSR count). The molecule has 1 fully saturated rings. The van der Waals surface area contributed by atoms with Gasteiger partial charge in [-0.2, -0.15) is 5.10 Å². The number of carbonyl (C=O) groups is 3. The number of likely N-dealkylation sites (N-methyl/N-ethyl adjacent to an activating group) is 1. The van der Waals surface area contributed by atoms with Crippen LogP contribution in [0.3, 0.4) is 0 Å². The van der Waals surface area contributed by atoms with E-state index in [0.717, 1.165) is 5.01 Å². The van der Waals surface area contributed by atoms with E-state index >= 15 is 0 Å². The molecule has 0 bridgehead atoms. The Bertz CT molecular complexity index is 627. The van der Waals surface area contributed by atoms with Crippen LogP contribution in [-0.4, -0.2) is 68.1 Å². The summed E-state index contributed by atoms with van der Waals surface area (Å²) in [4.78, 5) is 34.7. The second-order valence-electron chi connectivity index (χ2n) is 5.09. The molecule has 0 aliphatic carbocycles. The van der Waals surface area contributed by atoms with Crippen LogP contribution in [0, 0.1) is 0 Å². The summed E-state index contributed by atoms with van der Waals surface area (Å²) in [7, 11) is -1.75. The monoisotopic (exact) mass is 331 g/mol. The van der Waals surface area contributed by atoms with Crippen molar-refractivity contribution in [3.63, 3.8) is 0 Å². The molecule has 1 saturated heterocycles. The Morgan fingerprint density at radius 3 is 2.73 bits per heavy atom. The molecule has 10 heteroatoms. The minimum atomic E-state index is -3.16. The predicted molar refractivity (Wildman–Crippen MR) is 75.6 cm³/mol. The van der Waals surface area contributed by atoms with E-state index in [2.05, 4.69) is 10.4 Å². The summed E-state index contributed by atoms with van der Waals surface area (Å²) in [6.07, 6.45) is 0.476. The van der Waals surface area contributed by atoms with Crippen molar-refractivity contribution in [3.05, 3.63) is 0 Å². The van der Waals surface area contributed by atoms with E-state index in [9.17, 15) is 22.8 Å². The van der Waals surface area contributed by atoms with E-state index in [-0.39, 0.29) is 36.0 Å². The van der Waals surface area contributed by atoms with E-state index in [1.165, 1.54) is 7.05 Å². The smallest absolute Gasteiger partial charge is 0.355 e. The Morgan fingerprint density at radius 1 is 1.41 bits per heavy atom. The molecule has 0 spiro atoms. The summed E-state index contributed by atoms with van der Waals surface area (Å²) in [6, 6.07) is -0.542. The summed E-state index contributed by atoms with van der Waals surface area (Å²) in [5, 5.41) is 7.32. The Balaban J connectivity index is 2.06. The van der Waals surface area contributed by atoms with E-state index in [1.54, 1.807) is 0 Å². The van der Waals surface area contributed by atoms with Gasteiger partial charge in [-0.05, 0) is 6.42 Å². The van der Waals surface area contributed by atoms with Crippen molar-refractivity contribution < 1.29 is 27.5 Å². The molecular weight excluding hydrogens is 314 g/mol. The van der Waals surface area contributed by atoms with Crippen LogP contribution in [0.4, 0.5) is 0 Å². The topological polar surface area (TPSA) is 122 Å². The number of amides is 2. The van der Waals surface area contributed by atoms with E-state index < -0.39 is 34.4 Å². The average molecular weight is 331 g/mol. The average Bonchev–Trinajstić information content (AvgIpc) is 2.84. The summed E-state index contributed by atoms with van der Waals surface area (Å²) in [6.45, 7) is -0.430. The lowest BCUT2D eigenvalue weighted by Gasteiger charge is -2.27. The van der Waals surface area contributed by atoms with Gasteiger partial charge in [-0.15, -0.1) is 0 Å². The molecule has 22 heavy (non-hydrogen) atoms. The summed E-state index contributed by atoms with van der Waals surface area (Å²) in [5.41, 5.74) is 0.0211. The summed E-state index contributed by atoms with van der Waals surface area (Å²) in [5.74, 6) is -1.69. The Hall–Kier alpha value is -1.97. The number of carbonyl (C=O) groups excluding carboxylic acids is 3. The second-order valence-corrected chi connectivity index (χ2v) is 7.32. The zero-order chi connectivity index (χ0) is 16.3. The van der Waals surface area contributed by atoms with Gasteiger partial charge in [0.15, 0.2) is 16.4 Å². The fraction of sp³-hybridized carbons (Fsp3) is 0.667. The highest BCUT2D eigenvalue weighted by atomic mass is 32.2. The van der Waals surface area contributed by atoms with E-state index in [1.807, 2.05) is 0 Å². The van der Waals surface area contributed by atoms with Gasteiger partial charge < -0.3 is 10.1 Å². The first kappa shape index (κ1) is 16.4. The van der Waals surface area contributed by atoms with Crippen molar-refractivity contribution in [2.24, 2.45) is 5.10 Å². The van der Waals surface area contributed by atoms with Crippen LogP contribution in [-0.2, 0) is 29.0 Å². The molecule has 0 aromatic heterocycles. The molecule has 0 unspecified atom stereocenters. The second kappa shape index (κ2) is 6.42. The molecule has 2 aliphatic rings. The first-order valence-electron chi connectivity index (χ1n) is 6.80. The lowest BCUT2D eigenvalue weighted by atomic mass is 10.1. The SMILES string of the molecule is CNC(=O)COC(=O)C1=NN([C@@H]2CCS(=O)(=O)C2)C(=O)CC1. The van der Waals surface area contributed by atoms with Gasteiger partial charge in [0.25, 0.3) is 5.91 Å². The number of esters is 1. The van der Waals surface area contributed by atoms with Crippen LogP contribution in [0.25, 0.3) is 0 Å². The summed E-state index contributed by atoms with van der Waals surface area (Å²) < 4.78 is 27.8. The number of nitrogens with zero attached hydrogens (tertiary/aromatic N) is 2. The van der Waals surface area contributed by atoms with Gasteiger partial charge in [0.05, 0.1) is 17.5 Å². The minimum absolute atomic E-state index is 0.00736. The lowest BCUT2D eigenvalue weighted by molar-refractivity contribution is -0.142. The van der Waals surface area contributed by atoms with Gasteiger partial charge in [-0.1, -0.05) is 0 Å². The highest BCUT2D eigenvalue weighted by Gasteiger charge is 2.37. The Morgan fingerprint density at radius 2 is 2.14 bits per heavy atom. The lowest BCUT2D eigenvalue weighted by Crippen LogP contribution is -2.42. The standard InChI is InChI=1S/C12H17N3O6S/c1-13-10(16)6-21-12(18)9-2-3-11(17)15(14-9)8-4-5-22(19,20)7-8/h8H,2-7H2,1H3,(H,13,16)/t8-/m1/s1. The highest BCUT2D eigenvalue weighted by Crippen LogP contribution is 2.22. The molecule has 0 aromatic carbocycles. The van der Waals surface area contributed by atoms with E-state index in [0.29, 0.717) is 6.42 Å². The molecule has 2 aliphatic heterocycles. The van der Waals surface area contributed by atoms with Gasteiger partial charge in [0.1, 0.15) is 5.71 Å². The van der Waals surface area contributed by atoms with Crippen molar-refractivity contribution in [2.45, 2.75) is 25.3 Å². The summed E-state index contributed by atoms with van der Waals surface area (Å²) >= 11 is 0. The van der Waals surface area contributed by atoms with Crippen molar-refractivity contribution in [2.75, 3.05) is 25.2 Å². The molecule has 0 aromatic rings. The fourth-order valence-electron chi connectivity index (χ4n) is 2.26. The first-order chi connectivity index (χ1) is 10.3. The number of hydrazone groups is 1. The van der Waals surface area contributed by atoms with E-state index in [4.69, 9.17) is 4.74 Å². The number of nitrogens with one attached hydrogen (secondary N) is 1. The largest absolute Gasteiger partial charge is 0.451 e. The van der Waals surface area contributed by atoms with Gasteiger partial charge in [0.2, 0.25) is 5.91 Å². The van der Waals surface area contributed by atoms with Crippen molar-refractivity contribution in [1.29, 1.82) is 0 Å². The van der Waals surface area contributed by atoms with Crippen LogP contribution in [0.1, 0.15) is 19.3 Å². The van der Waals surface area contributed by atoms with Gasteiger partial charge in [-0.25, -0.2) is 18.2 Å². The third kappa shape index (κ3) is 3.81. The minimum Gasteiger partial charge on any atom is -0.451 e. The maximum absolute atomic E-state index is 11.9. The normalized spacial score (nSPS) is 23.9. The van der Waals surface area contributed by atoms with Crippen LogP contribution in [0.5, 0.6) is 0 Å². The molecule has 2 heterocycles. The zero-order valence-electron chi connectivity index (χ0n) is 12.1. The highest BCUT2D eigenvalue weighted by molar-refractivity contribution is 7.91. The van der Waals surface area contributed by atoms with Crippen LogP contribution in [0.2, 0.25) is 0 Å². The fourth-order valence-corrected chi connectivity index (χ4v) is 3.95. The first-order valence-corrected chi connectivity index (χ1v) is 8.62. The van der Waals surface area contributed by atoms with Crippen LogP contribution >= 0.6 is 0 Å². The zero-order valence-corrected chi connectivity index (χ0v) is 12.9. The molecule has 2 amide bonds. The molecule has 122 valence electrons. The number of sulfone groups is 1. The molecule has 0 radical (unpaired) electrons. The Labute approximate surface area is 127 Å². The Kier molecular flexibility index (Phi) is 4.79. The molecular formula is C12H17N3O6S. The van der Waals surface area contributed by atoms with Crippen LogP contribution in [0.15, 0.2) is 5.10 Å². The molecule has 0 saturated carbocycles. The van der Waals surface area contributed by atoms with Gasteiger partial charge in [-0.3, -0.25) is 9.59 Å². The number of rotatable bonds is 4. The number of hydrogen-bond acceptors (Lipinski definition) is 7. The third-order valence-electron chi connectivity index (χ3n) is 3.46. The maximum Gasteiger partial charge on any atom is 0.355 e. The molecule has 1 atom stereocenters. The van der Waals surface area contributed by atoms with Crippen LogP contribution < -0.4 is 5.32 Å². The predicted octanol–water partition coefficient (Wildman–Crippen LogP) is -1.56. The van der Waals surface area contributed by atoms with Gasteiger partial charge in [0, 0.05) is 19.9 Å².